The highest BCUT2D eigenvalue weighted by Crippen LogP contribution is 2.48. The van der Waals surface area contributed by atoms with E-state index in [-0.39, 0.29) is 35.0 Å². The molecule has 0 saturated carbocycles. The first-order valence-electron chi connectivity index (χ1n) is 8.64. The van der Waals surface area contributed by atoms with E-state index in [4.69, 9.17) is 0 Å². The number of alkyl halides is 1. The molecule has 1 aromatic heterocycles. The van der Waals surface area contributed by atoms with E-state index in [0.717, 1.165) is 23.1 Å². The van der Waals surface area contributed by atoms with Crippen molar-refractivity contribution < 1.29 is 13.6 Å². The molecule has 0 aliphatic heterocycles. The van der Waals surface area contributed by atoms with E-state index in [1.54, 1.807) is 19.3 Å². The van der Waals surface area contributed by atoms with Crippen LogP contribution in [-0.4, -0.2) is 15.6 Å². The van der Waals surface area contributed by atoms with E-state index in [2.05, 4.69) is 12.0 Å². The summed E-state index contributed by atoms with van der Waals surface area (Å²) in [5, 5.41) is 4.06. The van der Waals surface area contributed by atoms with Crippen molar-refractivity contribution in [2.75, 3.05) is 0 Å². The summed E-state index contributed by atoms with van der Waals surface area (Å²) in [5.74, 6) is -0.199. The van der Waals surface area contributed by atoms with E-state index >= 15 is 0 Å². The van der Waals surface area contributed by atoms with Gasteiger partial charge < -0.3 is 0 Å². The van der Waals surface area contributed by atoms with Crippen molar-refractivity contribution in [2.24, 2.45) is 7.05 Å². The van der Waals surface area contributed by atoms with E-state index in [0.29, 0.717) is 5.56 Å². The maximum absolute atomic E-state index is 14.4. The summed E-state index contributed by atoms with van der Waals surface area (Å²) in [6, 6.07) is 3.14. The van der Waals surface area contributed by atoms with Gasteiger partial charge in [-0.1, -0.05) is 26.8 Å². The Kier molecular flexibility index (Phi) is 4.30. The molecular formula is C20H24F2N2O. The van der Waals surface area contributed by atoms with Crippen molar-refractivity contribution in [3.63, 3.8) is 0 Å². The number of hydrogen-bond acceptors (Lipinski definition) is 2. The van der Waals surface area contributed by atoms with E-state index in [9.17, 15) is 13.6 Å². The average Bonchev–Trinajstić information content (AvgIpc) is 3.00. The van der Waals surface area contributed by atoms with Gasteiger partial charge >= 0.3 is 0 Å². The fraction of sp³-hybridized carbons (Fsp3) is 0.500. The monoisotopic (exact) mass is 346 g/mol. The van der Waals surface area contributed by atoms with E-state index in [1.165, 1.54) is 17.7 Å². The van der Waals surface area contributed by atoms with Crippen LogP contribution in [0.25, 0.3) is 0 Å². The second-order valence-electron chi connectivity index (χ2n) is 7.80. The maximum Gasteiger partial charge on any atom is 0.170 e. The van der Waals surface area contributed by atoms with Crippen molar-refractivity contribution >= 4 is 5.78 Å². The zero-order valence-corrected chi connectivity index (χ0v) is 15.4. The molecular weight excluding hydrogens is 322 g/mol. The Hall–Kier alpha value is -2.04. The molecule has 2 atom stereocenters. The molecule has 0 saturated heterocycles. The fourth-order valence-electron chi connectivity index (χ4n) is 4.29. The van der Waals surface area contributed by atoms with Gasteiger partial charge in [-0.15, -0.1) is 0 Å². The number of fused-ring (bicyclic) bond motifs is 1. The van der Waals surface area contributed by atoms with Crippen LogP contribution in [0.4, 0.5) is 8.78 Å². The molecule has 0 bridgehead atoms. The molecule has 0 amide bonds. The molecule has 0 spiro atoms. The van der Waals surface area contributed by atoms with Crippen molar-refractivity contribution in [1.29, 1.82) is 0 Å². The van der Waals surface area contributed by atoms with Crippen LogP contribution in [0.5, 0.6) is 0 Å². The molecule has 25 heavy (non-hydrogen) atoms. The molecule has 3 rings (SSSR count). The second kappa shape index (κ2) is 6.04. The number of ketones is 1. The quantitative estimate of drug-likeness (QED) is 0.745. The zero-order valence-electron chi connectivity index (χ0n) is 15.4. The molecule has 2 aromatic rings. The van der Waals surface area contributed by atoms with Crippen LogP contribution in [0.1, 0.15) is 78.9 Å². The number of benzene rings is 1. The third-order valence-electron chi connectivity index (χ3n) is 5.16. The largest absolute Gasteiger partial charge is 0.294 e. The zero-order chi connectivity index (χ0) is 18.5. The highest BCUT2D eigenvalue weighted by molar-refractivity contribution is 5.98. The molecule has 134 valence electrons. The van der Waals surface area contributed by atoms with Gasteiger partial charge in [0.2, 0.25) is 0 Å². The lowest BCUT2D eigenvalue weighted by Gasteiger charge is -2.20. The molecule has 1 heterocycles. The minimum Gasteiger partial charge on any atom is -0.294 e. The van der Waals surface area contributed by atoms with Crippen molar-refractivity contribution in [3.8, 4) is 0 Å². The topological polar surface area (TPSA) is 34.9 Å². The number of aromatic nitrogens is 2. The molecule has 1 aromatic carbocycles. The number of hydrogen-bond donors (Lipinski definition) is 0. The van der Waals surface area contributed by atoms with Crippen LogP contribution in [-0.2, 0) is 18.9 Å². The number of aryl methyl sites for hydroxylation is 1. The smallest absolute Gasteiger partial charge is 0.170 e. The van der Waals surface area contributed by atoms with Gasteiger partial charge in [0, 0.05) is 19.7 Å². The molecule has 2 unspecified atom stereocenters. The number of carbonyl (C=O) groups excluding carboxylic acids is 1. The summed E-state index contributed by atoms with van der Waals surface area (Å²) >= 11 is 0. The Labute approximate surface area is 147 Å². The third kappa shape index (κ3) is 3.00. The van der Waals surface area contributed by atoms with Crippen molar-refractivity contribution in [3.05, 3.63) is 52.1 Å². The summed E-state index contributed by atoms with van der Waals surface area (Å²) < 4.78 is 29.6. The summed E-state index contributed by atoms with van der Waals surface area (Å²) in [7, 11) is 1.67. The predicted octanol–water partition coefficient (Wildman–Crippen LogP) is 4.80. The third-order valence-corrected chi connectivity index (χ3v) is 5.16. The lowest BCUT2D eigenvalue weighted by molar-refractivity contribution is 0.0990. The van der Waals surface area contributed by atoms with Gasteiger partial charge in [-0.25, -0.2) is 8.78 Å². The maximum atomic E-state index is 14.4. The number of halogens is 2. The number of Topliss-reactive ketones (excluding diaryl/α,β-unsaturated/α-hetero) is 1. The molecule has 0 N–H and O–H groups in total. The summed E-state index contributed by atoms with van der Waals surface area (Å²) in [6.45, 7) is 7.52. The van der Waals surface area contributed by atoms with Gasteiger partial charge in [0.25, 0.3) is 0 Å². The molecule has 1 aliphatic rings. The first kappa shape index (κ1) is 17.8. The Morgan fingerprint density at radius 3 is 2.76 bits per heavy atom. The van der Waals surface area contributed by atoms with Gasteiger partial charge in [-0.05, 0) is 47.4 Å². The minimum absolute atomic E-state index is 0.133. The van der Waals surface area contributed by atoms with Crippen LogP contribution < -0.4 is 0 Å². The standard InChI is InChI=1S/C20H24F2N2O/c1-11-9-20(3,4)18-15(22)7-6-13(17(11)18)8-16(25)14-10-24(5)23-19(14)12(2)21/h6-7,10-12H,8-9H2,1-5H3. The Morgan fingerprint density at radius 2 is 2.12 bits per heavy atom. The Morgan fingerprint density at radius 1 is 1.44 bits per heavy atom. The Bertz CT molecular complexity index is 836. The molecule has 0 fully saturated rings. The molecule has 1 aliphatic carbocycles. The fourth-order valence-corrected chi connectivity index (χ4v) is 4.29. The number of carbonyl (C=O) groups is 1. The van der Waals surface area contributed by atoms with Crippen LogP contribution >= 0.6 is 0 Å². The molecule has 3 nitrogen and oxygen atoms in total. The molecule has 0 radical (unpaired) electrons. The van der Waals surface area contributed by atoms with E-state index in [1.807, 2.05) is 13.8 Å². The van der Waals surface area contributed by atoms with Crippen LogP contribution in [0.3, 0.4) is 0 Å². The van der Waals surface area contributed by atoms with E-state index < -0.39 is 6.17 Å². The van der Waals surface area contributed by atoms with Crippen molar-refractivity contribution in [2.45, 2.75) is 58.0 Å². The highest BCUT2D eigenvalue weighted by Gasteiger charge is 2.39. The number of rotatable bonds is 4. The first-order chi connectivity index (χ1) is 11.6. The normalized spacial score (nSPS) is 19.7. The van der Waals surface area contributed by atoms with Crippen LogP contribution in [0.2, 0.25) is 0 Å². The highest BCUT2D eigenvalue weighted by atomic mass is 19.1. The number of nitrogens with zero attached hydrogens (tertiary/aromatic N) is 2. The van der Waals surface area contributed by atoms with Gasteiger partial charge in [0.1, 0.15) is 17.7 Å². The SMILES string of the molecule is CC(F)c1nn(C)cc1C(=O)Cc1ccc(F)c2c1C(C)CC2(C)C. The Balaban J connectivity index is 2.01. The van der Waals surface area contributed by atoms with Gasteiger partial charge in [-0.2, -0.15) is 5.10 Å². The van der Waals surface area contributed by atoms with Gasteiger partial charge in [-0.3, -0.25) is 9.48 Å². The van der Waals surface area contributed by atoms with Gasteiger partial charge in [0.15, 0.2) is 5.78 Å². The average molecular weight is 346 g/mol. The summed E-state index contributed by atoms with van der Waals surface area (Å²) in [6.07, 6.45) is 1.24. The van der Waals surface area contributed by atoms with Crippen LogP contribution in [0.15, 0.2) is 18.3 Å². The lowest BCUT2D eigenvalue weighted by atomic mass is 9.85. The minimum atomic E-state index is -1.31. The second-order valence-corrected chi connectivity index (χ2v) is 7.80. The predicted molar refractivity (Wildman–Crippen MR) is 93.2 cm³/mol. The molecule has 5 heteroatoms. The van der Waals surface area contributed by atoms with Gasteiger partial charge in [0.05, 0.1) is 5.56 Å². The van der Waals surface area contributed by atoms with Crippen molar-refractivity contribution in [1.82, 2.24) is 9.78 Å². The lowest BCUT2D eigenvalue weighted by Crippen LogP contribution is -2.15. The first-order valence-corrected chi connectivity index (χ1v) is 8.64. The summed E-state index contributed by atoms with van der Waals surface area (Å²) in [5.41, 5.74) is 2.72. The summed E-state index contributed by atoms with van der Waals surface area (Å²) in [4.78, 5) is 12.8. The van der Waals surface area contributed by atoms with Crippen LogP contribution in [0, 0.1) is 5.82 Å².